The van der Waals surface area contributed by atoms with Crippen LogP contribution in [0.5, 0.6) is 5.19 Å². The van der Waals surface area contributed by atoms with Crippen molar-refractivity contribution in [3.8, 4) is 5.19 Å². The molecule has 5 heteroatoms. The molecule has 0 aromatic carbocycles. The molecule has 4 nitrogen and oxygen atoms in total. The van der Waals surface area contributed by atoms with Gasteiger partial charge in [0.05, 0.1) is 0 Å². The second kappa shape index (κ2) is 5.07. The number of aromatic nitrogens is 1. The van der Waals surface area contributed by atoms with E-state index in [1.54, 1.807) is 11.6 Å². The number of rotatable bonds is 4. The summed E-state index contributed by atoms with van der Waals surface area (Å²) in [6, 6.07) is -0.566. The van der Waals surface area contributed by atoms with Crippen molar-refractivity contribution in [1.82, 2.24) is 4.98 Å². The summed E-state index contributed by atoms with van der Waals surface area (Å²) in [4.78, 5) is 15.3. The number of ether oxygens (including phenoxy) is 1. The van der Waals surface area contributed by atoms with Crippen LogP contribution in [-0.2, 0) is 4.79 Å². The van der Waals surface area contributed by atoms with E-state index in [-0.39, 0.29) is 5.92 Å². The monoisotopic (exact) mass is 214 g/mol. The van der Waals surface area contributed by atoms with E-state index in [1.807, 2.05) is 13.8 Å². The van der Waals surface area contributed by atoms with Gasteiger partial charge >= 0.3 is 5.97 Å². The molecule has 0 spiro atoms. The molecule has 0 bridgehead atoms. The van der Waals surface area contributed by atoms with E-state index in [4.69, 9.17) is 10.5 Å². The van der Waals surface area contributed by atoms with E-state index in [1.165, 1.54) is 11.3 Å². The van der Waals surface area contributed by atoms with Crippen LogP contribution in [0, 0.1) is 5.92 Å². The molecule has 0 fully saturated rings. The van der Waals surface area contributed by atoms with Gasteiger partial charge in [-0.1, -0.05) is 31.6 Å². The summed E-state index contributed by atoms with van der Waals surface area (Å²) in [5.74, 6) is -0.281. The van der Waals surface area contributed by atoms with Gasteiger partial charge in [-0.25, -0.2) is 9.78 Å². The Morgan fingerprint density at radius 1 is 1.79 bits per heavy atom. The van der Waals surface area contributed by atoms with Gasteiger partial charge in [0.2, 0.25) is 0 Å². The van der Waals surface area contributed by atoms with Crippen LogP contribution in [0.25, 0.3) is 0 Å². The first-order valence-corrected chi connectivity index (χ1v) is 5.40. The lowest BCUT2D eigenvalue weighted by Gasteiger charge is -2.15. The maximum absolute atomic E-state index is 11.4. The van der Waals surface area contributed by atoms with Crippen molar-refractivity contribution in [1.29, 1.82) is 0 Å². The molecule has 0 aliphatic rings. The number of carbonyl (C=O) groups is 1. The quantitative estimate of drug-likeness (QED) is 0.770. The lowest BCUT2D eigenvalue weighted by molar-refractivity contribution is -0.137. The third kappa shape index (κ3) is 2.78. The summed E-state index contributed by atoms with van der Waals surface area (Å²) in [6.07, 6.45) is 2.44. The van der Waals surface area contributed by atoms with Crippen molar-refractivity contribution in [3.63, 3.8) is 0 Å². The number of hydrogen-bond acceptors (Lipinski definition) is 5. The highest BCUT2D eigenvalue weighted by Gasteiger charge is 2.22. The minimum Gasteiger partial charge on any atom is -0.397 e. The molecule has 0 saturated heterocycles. The Kier molecular flexibility index (Phi) is 4.03. The second-order valence-electron chi connectivity index (χ2n) is 3.13. The number of hydrogen-bond donors (Lipinski definition) is 1. The maximum Gasteiger partial charge on any atom is 0.330 e. The molecule has 78 valence electrons. The van der Waals surface area contributed by atoms with E-state index in [9.17, 15) is 4.79 Å². The van der Waals surface area contributed by atoms with Crippen LogP contribution in [0.1, 0.15) is 20.3 Å². The minimum atomic E-state index is -0.566. The fourth-order valence-corrected chi connectivity index (χ4v) is 1.39. The van der Waals surface area contributed by atoms with Gasteiger partial charge in [0.25, 0.3) is 5.19 Å². The molecule has 0 radical (unpaired) electrons. The smallest absolute Gasteiger partial charge is 0.330 e. The lowest BCUT2D eigenvalue weighted by Crippen LogP contribution is -2.39. The average Bonchev–Trinajstić information content (AvgIpc) is 2.68. The van der Waals surface area contributed by atoms with Crippen LogP contribution in [-0.4, -0.2) is 17.0 Å². The van der Waals surface area contributed by atoms with Crippen molar-refractivity contribution in [2.24, 2.45) is 11.7 Å². The van der Waals surface area contributed by atoms with Gasteiger partial charge in [0.1, 0.15) is 6.04 Å². The van der Waals surface area contributed by atoms with Crippen molar-refractivity contribution in [2.75, 3.05) is 0 Å². The zero-order valence-electron chi connectivity index (χ0n) is 8.27. The first-order chi connectivity index (χ1) is 6.65. The molecule has 1 rings (SSSR count). The van der Waals surface area contributed by atoms with Crippen molar-refractivity contribution in [3.05, 3.63) is 11.6 Å². The van der Waals surface area contributed by atoms with Gasteiger partial charge in [-0.15, -0.1) is 0 Å². The number of esters is 1. The van der Waals surface area contributed by atoms with Crippen molar-refractivity contribution in [2.45, 2.75) is 26.3 Å². The predicted octanol–water partition coefficient (Wildman–Crippen LogP) is 1.42. The summed E-state index contributed by atoms with van der Waals surface area (Å²) >= 11 is 1.28. The zero-order valence-corrected chi connectivity index (χ0v) is 9.08. The third-order valence-electron chi connectivity index (χ3n) is 2.13. The van der Waals surface area contributed by atoms with Gasteiger partial charge in [-0.2, -0.15) is 0 Å². The highest BCUT2D eigenvalue weighted by molar-refractivity contribution is 7.11. The molecule has 14 heavy (non-hydrogen) atoms. The largest absolute Gasteiger partial charge is 0.397 e. The molecule has 1 aromatic heterocycles. The Balaban J connectivity index is 2.50. The predicted molar refractivity (Wildman–Crippen MR) is 55.2 cm³/mol. The van der Waals surface area contributed by atoms with Gasteiger partial charge in [-0.3, -0.25) is 0 Å². The molecule has 0 aliphatic heterocycles. The standard InChI is InChI=1S/C9H14N2O2S/c1-3-6(2)7(10)8(12)13-9-11-4-5-14-9/h4-7H,3,10H2,1-2H3/t6-,7-/m0/s1. The van der Waals surface area contributed by atoms with Gasteiger partial charge in [-0.05, 0) is 5.92 Å². The lowest BCUT2D eigenvalue weighted by atomic mass is 10.0. The Labute approximate surface area is 87.1 Å². The summed E-state index contributed by atoms with van der Waals surface area (Å²) in [5.41, 5.74) is 5.69. The summed E-state index contributed by atoms with van der Waals surface area (Å²) in [5, 5.41) is 2.10. The van der Waals surface area contributed by atoms with Crippen molar-refractivity contribution >= 4 is 17.3 Å². The SMILES string of the molecule is CC[C@H](C)[C@H](N)C(=O)Oc1nccs1. The fourth-order valence-electron chi connectivity index (χ4n) is 0.901. The summed E-state index contributed by atoms with van der Waals surface area (Å²) in [7, 11) is 0. The molecule has 1 heterocycles. The fraction of sp³-hybridized carbons (Fsp3) is 0.556. The highest BCUT2D eigenvalue weighted by atomic mass is 32.1. The molecule has 2 N–H and O–H groups in total. The van der Waals surface area contributed by atoms with Crippen LogP contribution in [0.15, 0.2) is 11.6 Å². The van der Waals surface area contributed by atoms with Crippen LogP contribution < -0.4 is 10.5 Å². The Hall–Kier alpha value is -0.940. The summed E-state index contributed by atoms with van der Waals surface area (Å²) in [6.45, 7) is 3.91. The van der Waals surface area contributed by atoms with E-state index in [0.29, 0.717) is 5.19 Å². The molecule has 0 saturated carbocycles. The first kappa shape index (κ1) is 11.1. The third-order valence-corrected chi connectivity index (χ3v) is 2.77. The molecular weight excluding hydrogens is 200 g/mol. The van der Waals surface area contributed by atoms with Crippen LogP contribution >= 0.6 is 11.3 Å². The van der Waals surface area contributed by atoms with E-state index in [2.05, 4.69) is 4.98 Å². The van der Waals surface area contributed by atoms with Crippen molar-refractivity contribution < 1.29 is 9.53 Å². The van der Waals surface area contributed by atoms with Crippen LogP contribution in [0.4, 0.5) is 0 Å². The highest BCUT2D eigenvalue weighted by Crippen LogP contribution is 2.15. The normalized spacial score (nSPS) is 14.8. The van der Waals surface area contributed by atoms with E-state index in [0.717, 1.165) is 6.42 Å². The number of nitrogens with zero attached hydrogens (tertiary/aromatic N) is 1. The molecular formula is C9H14N2O2S. The number of carbonyl (C=O) groups excluding carboxylic acids is 1. The summed E-state index contributed by atoms with van der Waals surface area (Å²) < 4.78 is 4.98. The number of thiazole rings is 1. The minimum absolute atomic E-state index is 0.127. The van der Waals surface area contributed by atoms with E-state index < -0.39 is 12.0 Å². The van der Waals surface area contributed by atoms with Crippen LogP contribution in [0.3, 0.4) is 0 Å². The Morgan fingerprint density at radius 3 is 3.00 bits per heavy atom. The second-order valence-corrected chi connectivity index (χ2v) is 3.99. The molecule has 0 amide bonds. The first-order valence-electron chi connectivity index (χ1n) is 4.52. The average molecular weight is 214 g/mol. The Bertz CT molecular complexity index is 287. The van der Waals surface area contributed by atoms with Crippen LogP contribution in [0.2, 0.25) is 0 Å². The Morgan fingerprint density at radius 2 is 2.50 bits per heavy atom. The van der Waals surface area contributed by atoms with E-state index >= 15 is 0 Å². The molecule has 0 aliphatic carbocycles. The molecule has 1 aromatic rings. The van der Waals surface area contributed by atoms with Gasteiger partial charge < -0.3 is 10.5 Å². The topological polar surface area (TPSA) is 65.2 Å². The zero-order chi connectivity index (χ0) is 10.6. The van der Waals surface area contributed by atoms with Gasteiger partial charge in [0.15, 0.2) is 0 Å². The molecule has 2 atom stereocenters. The molecule has 0 unspecified atom stereocenters. The number of nitrogens with two attached hydrogens (primary N) is 1. The maximum atomic E-state index is 11.4. The van der Waals surface area contributed by atoms with Gasteiger partial charge in [0, 0.05) is 11.6 Å².